The minimum absolute atomic E-state index is 0.282. The van der Waals surface area contributed by atoms with Gasteiger partial charge in [0.15, 0.2) is 11.3 Å². The number of halogens is 3. The lowest BCUT2D eigenvalue weighted by atomic mass is 10.0. The largest absolute Gasteiger partial charge is 0.573 e. The van der Waals surface area contributed by atoms with Crippen molar-refractivity contribution in [2.45, 2.75) is 25.3 Å². The number of aliphatic hydroxyl groups is 1. The molecule has 0 amide bonds. The summed E-state index contributed by atoms with van der Waals surface area (Å²) >= 11 is 1.46. The summed E-state index contributed by atoms with van der Waals surface area (Å²) in [7, 11) is 0. The van der Waals surface area contributed by atoms with Gasteiger partial charge in [-0.25, -0.2) is 9.98 Å². The summed E-state index contributed by atoms with van der Waals surface area (Å²) in [5, 5.41) is 33.7. The highest BCUT2D eigenvalue weighted by atomic mass is 32.1. The number of rotatable bonds is 11. The summed E-state index contributed by atoms with van der Waals surface area (Å²) in [6.07, 6.45) is 1.55. The second-order valence-electron chi connectivity index (χ2n) is 12.3. The molecule has 0 unspecified atom stereocenters. The molecule has 0 saturated carbocycles. The number of aliphatic imine (C=N–C) groups is 1. The molecule has 1 aliphatic rings. The normalized spacial score (nSPS) is 13.4. The third-order valence-corrected chi connectivity index (χ3v) is 9.51. The summed E-state index contributed by atoms with van der Waals surface area (Å²) in [5.74, 6) is 0.00460. The molecule has 10 nitrogen and oxygen atoms in total. The molecule has 4 N–H and O–H groups in total. The van der Waals surface area contributed by atoms with Gasteiger partial charge in [0.25, 0.3) is 0 Å². The number of benzene rings is 4. The number of thiazole rings is 1. The molecule has 0 spiro atoms. The first-order chi connectivity index (χ1) is 25.7. The van der Waals surface area contributed by atoms with E-state index in [2.05, 4.69) is 53.8 Å². The molecular formula is C39H33F3N8O2S. The molecule has 0 radical (unpaired) electrons. The lowest BCUT2D eigenvalue weighted by Crippen LogP contribution is -2.26. The second kappa shape index (κ2) is 15.7. The summed E-state index contributed by atoms with van der Waals surface area (Å²) < 4.78 is 41.6. The van der Waals surface area contributed by atoms with E-state index in [9.17, 15) is 23.5 Å². The highest BCUT2D eigenvalue weighted by Gasteiger charge is 2.31. The van der Waals surface area contributed by atoms with Crippen LogP contribution < -0.4 is 25.6 Å². The minimum atomic E-state index is -4.74. The van der Waals surface area contributed by atoms with E-state index in [4.69, 9.17) is 4.98 Å². The predicted molar refractivity (Wildman–Crippen MR) is 201 cm³/mol. The summed E-state index contributed by atoms with van der Waals surface area (Å²) in [4.78, 5) is 15.6. The molecule has 0 aliphatic carbocycles. The maximum absolute atomic E-state index is 12.5. The van der Waals surface area contributed by atoms with Crippen molar-refractivity contribution < 1.29 is 23.0 Å². The Bertz CT molecular complexity index is 2270. The fourth-order valence-electron chi connectivity index (χ4n) is 6.10. The topological polar surface area (TPSA) is 131 Å². The first kappa shape index (κ1) is 35.4. The van der Waals surface area contributed by atoms with Gasteiger partial charge in [0.2, 0.25) is 5.96 Å². The second-order valence-corrected chi connectivity index (χ2v) is 13.1. The van der Waals surface area contributed by atoms with E-state index in [0.29, 0.717) is 30.0 Å². The number of nitriles is 1. The predicted octanol–water partition coefficient (Wildman–Crippen LogP) is 7.99. The van der Waals surface area contributed by atoms with Crippen LogP contribution in [-0.4, -0.2) is 47.0 Å². The smallest absolute Gasteiger partial charge is 0.406 e. The van der Waals surface area contributed by atoms with Gasteiger partial charge in [0.05, 0.1) is 17.5 Å². The number of aliphatic hydroxyl groups excluding tert-OH is 1. The zero-order valence-corrected chi connectivity index (χ0v) is 29.0. The van der Waals surface area contributed by atoms with Crippen LogP contribution in [0.25, 0.3) is 22.0 Å². The van der Waals surface area contributed by atoms with E-state index in [0.717, 1.165) is 57.8 Å². The Morgan fingerprint density at radius 1 is 1.04 bits per heavy atom. The van der Waals surface area contributed by atoms with Gasteiger partial charge in [0, 0.05) is 53.4 Å². The zero-order chi connectivity index (χ0) is 36.8. The Morgan fingerprint density at radius 3 is 2.66 bits per heavy atom. The quantitative estimate of drug-likeness (QED) is 0.0344. The van der Waals surface area contributed by atoms with E-state index in [1.807, 2.05) is 60.1 Å². The molecule has 14 heteroatoms. The van der Waals surface area contributed by atoms with Crippen LogP contribution in [0.15, 0.2) is 114 Å². The average molecular weight is 735 g/mol. The number of alkyl halides is 3. The van der Waals surface area contributed by atoms with Crippen LogP contribution in [0.2, 0.25) is 0 Å². The molecule has 6 aromatic rings. The molecule has 1 atom stereocenters. The number of guanidine groups is 1. The maximum atomic E-state index is 12.5. The van der Waals surface area contributed by atoms with Crippen molar-refractivity contribution in [3.05, 3.63) is 125 Å². The van der Waals surface area contributed by atoms with Gasteiger partial charge in [-0.05, 0) is 102 Å². The Morgan fingerprint density at radius 2 is 1.87 bits per heavy atom. The van der Waals surface area contributed by atoms with Gasteiger partial charge >= 0.3 is 6.36 Å². The maximum Gasteiger partial charge on any atom is 0.573 e. The third kappa shape index (κ3) is 8.90. The minimum Gasteiger partial charge on any atom is -0.406 e. The monoisotopic (exact) mass is 734 g/mol. The Kier molecular flexibility index (Phi) is 10.5. The van der Waals surface area contributed by atoms with Crippen LogP contribution >= 0.6 is 11.3 Å². The van der Waals surface area contributed by atoms with E-state index in [1.54, 1.807) is 24.5 Å². The molecule has 3 heterocycles. The number of pyridine rings is 1. The lowest BCUT2D eigenvalue weighted by molar-refractivity contribution is -0.274. The number of nitrogens with zero attached hydrogens (tertiary/aromatic N) is 5. The Balaban J connectivity index is 0.977. The number of ether oxygens (including phenoxy) is 1. The highest BCUT2D eigenvalue weighted by molar-refractivity contribution is 7.14. The number of hydrogen-bond donors (Lipinski definition) is 4. The zero-order valence-electron chi connectivity index (χ0n) is 28.1. The lowest BCUT2D eigenvalue weighted by Gasteiger charge is -2.16. The molecule has 268 valence electrons. The Hall–Kier alpha value is -6.01. The van der Waals surface area contributed by atoms with Crippen LogP contribution in [-0.2, 0) is 12.8 Å². The fraction of sp³-hybridized carbons (Fsp3) is 0.179. The van der Waals surface area contributed by atoms with Crippen LogP contribution in [0.5, 0.6) is 5.75 Å². The highest BCUT2D eigenvalue weighted by Crippen LogP contribution is 2.39. The average Bonchev–Trinajstić information content (AvgIpc) is 3.81. The first-order valence-corrected chi connectivity index (χ1v) is 17.6. The SMILES string of the molecule is N#CNC(=Nc1ccc2cc(CCNC[C@H](O)c3cccnc3)ccc2c1)Nc1ccc2c(c1)CCN2c1nc(-c2ccc(OC(F)(F)F)cc2)cs1. The fourth-order valence-corrected chi connectivity index (χ4v) is 6.98. The molecule has 0 fully saturated rings. The van der Waals surface area contributed by atoms with Gasteiger partial charge in [-0.15, -0.1) is 24.5 Å². The molecule has 1 aliphatic heterocycles. The van der Waals surface area contributed by atoms with Crippen molar-refractivity contribution in [3.8, 4) is 23.2 Å². The number of hydrogen-bond acceptors (Lipinski definition) is 9. The van der Waals surface area contributed by atoms with E-state index in [-0.39, 0.29) is 11.7 Å². The number of nitrogens with one attached hydrogen (secondary N) is 3. The van der Waals surface area contributed by atoms with Crippen molar-refractivity contribution in [1.29, 1.82) is 5.26 Å². The van der Waals surface area contributed by atoms with Crippen LogP contribution in [0.1, 0.15) is 22.8 Å². The summed E-state index contributed by atoms with van der Waals surface area (Å²) in [6.45, 7) is 1.88. The van der Waals surface area contributed by atoms with Gasteiger partial charge in [-0.2, -0.15) is 5.26 Å². The Labute approximate surface area is 307 Å². The van der Waals surface area contributed by atoms with E-state index < -0.39 is 12.5 Å². The number of fused-ring (bicyclic) bond motifs is 2. The molecule has 4 aromatic carbocycles. The van der Waals surface area contributed by atoms with Gasteiger partial charge in [-0.1, -0.05) is 30.3 Å². The van der Waals surface area contributed by atoms with E-state index >= 15 is 0 Å². The van der Waals surface area contributed by atoms with Crippen molar-refractivity contribution in [2.24, 2.45) is 4.99 Å². The van der Waals surface area contributed by atoms with Crippen molar-refractivity contribution in [1.82, 2.24) is 20.6 Å². The van der Waals surface area contributed by atoms with Crippen LogP contribution in [0, 0.1) is 11.5 Å². The molecule has 2 aromatic heterocycles. The molecule has 7 rings (SSSR count). The van der Waals surface area contributed by atoms with Gasteiger partial charge in [-0.3, -0.25) is 10.3 Å². The van der Waals surface area contributed by atoms with Crippen LogP contribution in [0.3, 0.4) is 0 Å². The van der Waals surface area contributed by atoms with Crippen molar-refractivity contribution >= 4 is 50.3 Å². The summed E-state index contributed by atoms with van der Waals surface area (Å²) in [5.41, 5.74) is 6.85. The van der Waals surface area contributed by atoms with Gasteiger partial charge in [0.1, 0.15) is 5.75 Å². The molecule has 0 saturated heterocycles. The number of anilines is 3. The number of aromatic nitrogens is 2. The summed E-state index contributed by atoms with van der Waals surface area (Å²) in [6, 6.07) is 27.4. The molecule has 53 heavy (non-hydrogen) atoms. The first-order valence-electron chi connectivity index (χ1n) is 16.8. The van der Waals surface area contributed by atoms with Crippen LogP contribution in [0.4, 0.5) is 35.4 Å². The van der Waals surface area contributed by atoms with E-state index in [1.165, 1.54) is 29.0 Å². The van der Waals surface area contributed by atoms with Gasteiger partial charge < -0.3 is 25.4 Å². The standard InChI is InChI=1S/C39H33F3N8O2S/c40-39(41,42)52-33-10-6-26(7-11-33)34-23-53-38(49-34)50-17-14-29-20-32(9-12-35(29)50)48-37(46-24-43)47-31-8-5-27-18-25(3-4-28(27)19-31)13-16-45-22-36(51)30-2-1-15-44-21-30/h1-12,15,18-21,23,36,45,51H,13-14,16-17,22H2,(H2,46,47,48)/t36-/m0/s1. The van der Waals surface area contributed by atoms with Crippen molar-refractivity contribution in [3.63, 3.8) is 0 Å². The third-order valence-electron chi connectivity index (χ3n) is 8.65. The van der Waals surface area contributed by atoms with Crippen molar-refractivity contribution in [2.75, 3.05) is 29.9 Å². The molecule has 0 bridgehead atoms. The molecular weight excluding hydrogens is 702 g/mol.